The minimum atomic E-state index is -0.792. The van der Waals surface area contributed by atoms with Gasteiger partial charge < -0.3 is 5.32 Å². The van der Waals surface area contributed by atoms with Crippen LogP contribution in [-0.4, -0.2) is 23.3 Å². The van der Waals surface area contributed by atoms with E-state index in [1.54, 1.807) is 6.26 Å². The second kappa shape index (κ2) is 5.43. The van der Waals surface area contributed by atoms with Crippen molar-refractivity contribution in [2.24, 2.45) is 0 Å². The molecule has 0 bridgehead atoms. The maximum atomic E-state index is 11.3. The molecule has 2 atom stereocenters. The van der Waals surface area contributed by atoms with Gasteiger partial charge in [-0.2, -0.15) is 0 Å². The number of rotatable bonds is 4. The molecule has 2 rings (SSSR count). The molecule has 2 aromatic carbocycles. The van der Waals surface area contributed by atoms with Gasteiger partial charge in [-0.25, -0.2) is 0 Å². The van der Waals surface area contributed by atoms with E-state index < -0.39 is 10.8 Å². The Morgan fingerprint density at radius 2 is 1.88 bits per heavy atom. The van der Waals surface area contributed by atoms with Crippen molar-refractivity contribution in [3.8, 4) is 0 Å². The molecule has 2 nitrogen and oxygen atoms in total. The maximum Gasteiger partial charge on any atom is 0.0434 e. The molecule has 0 aliphatic rings. The summed E-state index contributed by atoms with van der Waals surface area (Å²) in [6.45, 7) is 0. The van der Waals surface area contributed by atoms with Crippen LogP contribution in [0.5, 0.6) is 0 Å². The van der Waals surface area contributed by atoms with E-state index in [0.717, 1.165) is 0 Å². The summed E-state index contributed by atoms with van der Waals surface area (Å²) in [5.74, 6) is 0.648. The molecule has 2 aromatic rings. The monoisotopic (exact) mass is 247 g/mol. The molecule has 0 amide bonds. The predicted molar refractivity (Wildman–Crippen MR) is 74.7 cm³/mol. The van der Waals surface area contributed by atoms with Gasteiger partial charge in [-0.3, -0.25) is 4.21 Å². The smallest absolute Gasteiger partial charge is 0.0434 e. The average molecular weight is 247 g/mol. The van der Waals surface area contributed by atoms with E-state index in [0.29, 0.717) is 5.75 Å². The molecule has 90 valence electrons. The molecule has 0 heterocycles. The number of benzene rings is 2. The highest BCUT2D eigenvalue weighted by atomic mass is 32.2. The fourth-order valence-electron chi connectivity index (χ4n) is 2.01. The normalized spacial score (nSPS) is 14.7. The predicted octanol–water partition coefficient (Wildman–Crippen LogP) is 2.48. The van der Waals surface area contributed by atoms with E-state index in [2.05, 4.69) is 35.6 Å². The fourth-order valence-corrected chi connectivity index (χ4v) is 2.83. The van der Waals surface area contributed by atoms with Gasteiger partial charge in [0, 0.05) is 28.9 Å². The number of hydrogen-bond donors (Lipinski definition) is 1. The van der Waals surface area contributed by atoms with Gasteiger partial charge in [0.05, 0.1) is 0 Å². The van der Waals surface area contributed by atoms with Crippen LogP contribution in [0.3, 0.4) is 0 Å². The summed E-state index contributed by atoms with van der Waals surface area (Å²) >= 11 is 0. The molecule has 1 N–H and O–H groups in total. The Balaban J connectivity index is 2.37. The Bertz CT molecular complexity index is 538. The Labute approximate surface area is 104 Å². The third kappa shape index (κ3) is 2.93. The molecular weight excluding hydrogens is 230 g/mol. The molecular formula is C14H17NOS. The summed E-state index contributed by atoms with van der Waals surface area (Å²) in [6, 6.07) is 14.8. The Hall–Kier alpha value is -1.19. The molecule has 17 heavy (non-hydrogen) atoms. The van der Waals surface area contributed by atoms with Crippen LogP contribution in [0.4, 0.5) is 0 Å². The highest BCUT2D eigenvalue weighted by Crippen LogP contribution is 2.20. The lowest BCUT2D eigenvalue weighted by Gasteiger charge is -2.15. The first-order valence-corrected chi connectivity index (χ1v) is 7.39. The van der Waals surface area contributed by atoms with Crippen molar-refractivity contribution >= 4 is 21.6 Å². The third-order valence-electron chi connectivity index (χ3n) is 2.93. The van der Waals surface area contributed by atoms with Crippen LogP contribution < -0.4 is 5.32 Å². The zero-order valence-corrected chi connectivity index (χ0v) is 11.0. The number of hydrogen-bond acceptors (Lipinski definition) is 2. The molecule has 2 unspecified atom stereocenters. The quantitative estimate of drug-likeness (QED) is 0.899. The van der Waals surface area contributed by atoms with Crippen molar-refractivity contribution in [3.05, 3.63) is 48.0 Å². The SMILES string of the molecule is CNC(CS(C)=O)c1ccc2ccccc2c1. The molecule has 0 saturated heterocycles. The number of nitrogens with one attached hydrogen (secondary N) is 1. The Morgan fingerprint density at radius 3 is 2.53 bits per heavy atom. The maximum absolute atomic E-state index is 11.3. The first kappa shape index (κ1) is 12.3. The summed E-state index contributed by atoms with van der Waals surface area (Å²) in [5.41, 5.74) is 1.20. The Kier molecular flexibility index (Phi) is 3.92. The van der Waals surface area contributed by atoms with E-state index in [1.165, 1.54) is 16.3 Å². The van der Waals surface area contributed by atoms with Crippen LogP contribution in [0.2, 0.25) is 0 Å². The van der Waals surface area contributed by atoms with Crippen molar-refractivity contribution in [3.63, 3.8) is 0 Å². The van der Waals surface area contributed by atoms with Crippen molar-refractivity contribution in [2.45, 2.75) is 6.04 Å². The highest BCUT2D eigenvalue weighted by Gasteiger charge is 2.11. The lowest BCUT2D eigenvalue weighted by molar-refractivity contribution is 0.638. The minimum Gasteiger partial charge on any atom is -0.312 e. The van der Waals surface area contributed by atoms with Gasteiger partial charge >= 0.3 is 0 Å². The molecule has 0 aliphatic heterocycles. The van der Waals surface area contributed by atoms with Crippen molar-refractivity contribution in [2.75, 3.05) is 19.1 Å². The average Bonchev–Trinajstić information content (AvgIpc) is 2.35. The van der Waals surface area contributed by atoms with E-state index in [9.17, 15) is 4.21 Å². The summed E-state index contributed by atoms with van der Waals surface area (Å²) in [5, 5.41) is 5.69. The van der Waals surface area contributed by atoms with Crippen LogP contribution in [0.25, 0.3) is 10.8 Å². The standard InChI is InChI=1S/C14H17NOS/c1-15-14(10-17(2)16)13-8-7-11-5-3-4-6-12(11)9-13/h3-9,14-15H,10H2,1-2H3. The minimum absolute atomic E-state index is 0.158. The topological polar surface area (TPSA) is 29.1 Å². The zero-order valence-electron chi connectivity index (χ0n) is 10.1. The first-order chi connectivity index (χ1) is 8.20. The van der Waals surface area contributed by atoms with E-state index >= 15 is 0 Å². The summed E-state index contributed by atoms with van der Waals surface area (Å²) < 4.78 is 11.3. The van der Waals surface area contributed by atoms with Gasteiger partial charge in [0.15, 0.2) is 0 Å². The first-order valence-electron chi connectivity index (χ1n) is 5.66. The molecule has 0 fully saturated rings. The van der Waals surface area contributed by atoms with Crippen molar-refractivity contribution < 1.29 is 4.21 Å². The largest absolute Gasteiger partial charge is 0.312 e. The van der Waals surface area contributed by atoms with Crippen LogP contribution in [0.1, 0.15) is 11.6 Å². The van der Waals surface area contributed by atoms with Crippen molar-refractivity contribution in [1.82, 2.24) is 5.32 Å². The Morgan fingerprint density at radius 1 is 1.18 bits per heavy atom. The second-order valence-corrected chi connectivity index (χ2v) is 5.67. The highest BCUT2D eigenvalue weighted by molar-refractivity contribution is 7.84. The van der Waals surface area contributed by atoms with Gasteiger partial charge in [0.25, 0.3) is 0 Å². The van der Waals surface area contributed by atoms with Gasteiger partial charge in [-0.1, -0.05) is 36.4 Å². The molecule has 3 heteroatoms. The summed E-state index contributed by atoms with van der Waals surface area (Å²) in [6.07, 6.45) is 1.74. The summed E-state index contributed by atoms with van der Waals surface area (Å²) in [7, 11) is 1.12. The van der Waals surface area contributed by atoms with Crippen LogP contribution >= 0.6 is 0 Å². The van der Waals surface area contributed by atoms with Gasteiger partial charge in [-0.15, -0.1) is 0 Å². The third-order valence-corrected chi connectivity index (χ3v) is 3.73. The molecule has 0 radical (unpaired) electrons. The fraction of sp³-hybridized carbons (Fsp3) is 0.286. The van der Waals surface area contributed by atoms with E-state index in [4.69, 9.17) is 0 Å². The van der Waals surface area contributed by atoms with E-state index in [-0.39, 0.29) is 6.04 Å². The molecule has 0 aliphatic carbocycles. The van der Waals surface area contributed by atoms with Crippen LogP contribution in [0, 0.1) is 0 Å². The van der Waals surface area contributed by atoms with E-state index in [1.807, 2.05) is 19.2 Å². The molecule has 0 saturated carbocycles. The molecule has 0 aromatic heterocycles. The lowest BCUT2D eigenvalue weighted by atomic mass is 10.0. The van der Waals surface area contributed by atoms with Gasteiger partial charge in [0.2, 0.25) is 0 Å². The number of fused-ring (bicyclic) bond motifs is 1. The van der Waals surface area contributed by atoms with Crippen molar-refractivity contribution in [1.29, 1.82) is 0 Å². The van der Waals surface area contributed by atoms with Gasteiger partial charge in [-0.05, 0) is 29.4 Å². The summed E-state index contributed by atoms with van der Waals surface area (Å²) in [4.78, 5) is 0. The second-order valence-electron chi connectivity index (χ2n) is 4.19. The zero-order chi connectivity index (χ0) is 12.3. The lowest BCUT2D eigenvalue weighted by Crippen LogP contribution is -2.22. The van der Waals surface area contributed by atoms with Crippen LogP contribution in [-0.2, 0) is 10.8 Å². The van der Waals surface area contributed by atoms with Crippen LogP contribution in [0.15, 0.2) is 42.5 Å². The molecule has 0 spiro atoms. The van der Waals surface area contributed by atoms with Gasteiger partial charge in [0.1, 0.15) is 0 Å².